The van der Waals surface area contributed by atoms with Crippen molar-refractivity contribution in [1.29, 1.82) is 0 Å². The number of benzene rings is 1. The minimum absolute atomic E-state index is 0.0645. The van der Waals surface area contributed by atoms with E-state index in [9.17, 15) is 4.79 Å². The van der Waals surface area contributed by atoms with Crippen LogP contribution in [0.5, 0.6) is 0 Å². The molecule has 0 saturated heterocycles. The Morgan fingerprint density at radius 1 is 1.26 bits per heavy atom. The monoisotopic (exact) mass is 415 g/mol. The van der Waals surface area contributed by atoms with E-state index < -0.39 is 5.41 Å². The Hall–Kier alpha value is -3.02. The van der Waals surface area contributed by atoms with Crippen molar-refractivity contribution in [2.45, 2.75) is 58.5 Å². The van der Waals surface area contributed by atoms with Gasteiger partial charge in [0, 0.05) is 35.9 Å². The van der Waals surface area contributed by atoms with Gasteiger partial charge in [0.1, 0.15) is 0 Å². The molecule has 3 heterocycles. The lowest BCUT2D eigenvalue weighted by Crippen LogP contribution is -2.51. The number of carbonyl (C=O) groups excluding carboxylic acids is 1. The van der Waals surface area contributed by atoms with Crippen LogP contribution < -0.4 is 5.32 Å². The molecule has 0 amide bonds. The third-order valence-electron chi connectivity index (χ3n) is 7.06. The molecule has 0 fully saturated rings. The highest BCUT2D eigenvalue weighted by molar-refractivity contribution is 6.01. The topological polar surface area (TPSA) is 71.6 Å². The molecule has 0 radical (unpaired) electrons. The van der Waals surface area contributed by atoms with Gasteiger partial charge in [0.2, 0.25) is 0 Å². The van der Waals surface area contributed by atoms with E-state index >= 15 is 0 Å². The summed E-state index contributed by atoms with van der Waals surface area (Å²) in [7, 11) is 2.00. The summed E-state index contributed by atoms with van der Waals surface area (Å²) in [6.07, 6.45) is 5.67. The van der Waals surface area contributed by atoms with E-state index in [2.05, 4.69) is 65.6 Å². The summed E-state index contributed by atoms with van der Waals surface area (Å²) in [5.41, 5.74) is 6.66. The summed E-state index contributed by atoms with van der Waals surface area (Å²) >= 11 is 0. The number of hydrogen-bond acceptors (Lipinski definition) is 5. The maximum Gasteiger partial charge on any atom is 0.165 e. The summed E-state index contributed by atoms with van der Waals surface area (Å²) in [4.78, 5) is 17.9. The lowest BCUT2D eigenvalue weighted by Gasteiger charge is -2.48. The largest absolute Gasteiger partial charge is 0.362 e. The van der Waals surface area contributed by atoms with Crippen molar-refractivity contribution in [2.24, 2.45) is 22.7 Å². The number of Topliss-reactive ketones (excluding diaryl/α,β-unsaturated/α-hetero) is 1. The first-order valence-corrected chi connectivity index (χ1v) is 11.0. The quantitative estimate of drug-likeness (QED) is 0.763. The molecule has 1 aromatic heterocycles. The van der Waals surface area contributed by atoms with Gasteiger partial charge >= 0.3 is 0 Å². The van der Waals surface area contributed by atoms with Gasteiger partial charge in [-0.1, -0.05) is 39.0 Å². The number of rotatable bonds is 3. The van der Waals surface area contributed by atoms with Gasteiger partial charge in [-0.25, -0.2) is 4.98 Å². The molecule has 0 saturated carbocycles. The molecule has 31 heavy (non-hydrogen) atoms. The standard InChI is InChI=1S/C25H29N5O/c1-6-25(17-9-7-8-16(10-17)19-13-26-14-30(19)5)21-15(2)28-29-23(21)27-18-11-24(3,4)12-20(31)22(18)25/h7-10,13-14,23,27H,6,11-12H2,1-5H3/t23?,25-/m1/s1. The van der Waals surface area contributed by atoms with Crippen LogP contribution in [0.15, 0.2) is 69.6 Å². The number of fused-ring (bicyclic) bond motifs is 1. The van der Waals surface area contributed by atoms with E-state index in [1.54, 1.807) is 0 Å². The number of nitrogens with zero attached hydrogens (tertiary/aromatic N) is 4. The minimum Gasteiger partial charge on any atom is -0.362 e. The molecule has 1 aromatic carbocycles. The first-order valence-electron chi connectivity index (χ1n) is 11.0. The number of aromatic nitrogens is 2. The van der Waals surface area contributed by atoms with E-state index in [1.165, 1.54) is 0 Å². The van der Waals surface area contributed by atoms with Crippen molar-refractivity contribution in [3.8, 4) is 11.3 Å². The number of azo groups is 1. The van der Waals surface area contributed by atoms with Crippen LogP contribution in [0, 0.1) is 5.41 Å². The highest BCUT2D eigenvalue weighted by Gasteiger charge is 2.53. The van der Waals surface area contributed by atoms with Crippen molar-refractivity contribution in [3.63, 3.8) is 0 Å². The van der Waals surface area contributed by atoms with Crippen LogP contribution in [0.2, 0.25) is 0 Å². The molecule has 5 rings (SSSR count). The van der Waals surface area contributed by atoms with E-state index in [4.69, 9.17) is 0 Å². The molecule has 0 spiro atoms. The minimum atomic E-state index is -0.527. The van der Waals surface area contributed by atoms with E-state index in [-0.39, 0.29) is 17.4 Å². The molecule has 0 bridgehead atoms. The van der Waals surface area contributed by atoms with Gasteiger partial charge in [-0.2, -0.15) is 10.2 Å². The zero-order valence-electron chi connectivity index (χ0n) is 18.9. The van der Waals surface area contributed by atoms with Crippen LogP contribution in [-0.2, 0) is 17.3 Å². The zero-order chi connectivity index (χ0) is 22.0. The van der Waals surface area contributed by atoms with E-state index in [0.717, 1.165) is 52.2 Å². The van der Waals surface area contributed by atoms with Crippen molar-refractivity contribution in [3.05, 3.63) is 64.9 Å². The second-order valence-electron chi connectivity index (χ2n) is 9.79. The third-order valence-corrected chi connectivity index (χ3v) is 7.06. The number of allylic oxidation sites excluding steroid dienone is 3. The Morgan fingerprint density at radius 3 is 2.77 bits per heavy atom. The number of hydrogen-bond donors (Lipinski definition) is 1. The highest BCUT2D eigenvalue weighted by Crippen LogP contribution is 2.55. The van der Waals surface area contributed by atoms with Gasteiger partial charge in [-0.05, 0) is 36.8 Å². The fourth-order valence-electron chi connectivity index (χ4n) is 5.79. The third kappa shape index (κ3) is 2.84. The van der Waals surface area contributed by atoms with Crippen LogP contribution in [0.3, 0.4) is 0 Å². The van der Waals surface area contributed by atoms with Crippen molar-refractivity contribution >= 4 is 5.78 Å². The van der Waals surface area contributed by atoms with Crippen molar-refractivity contribution < 1.29 is 4.79 Å². The predicted molar refractivity (Wildman–Crippen MR) is 120 cm³/mol. The van der Waals surface area contributed by atoms with Gasteiger partial charge in [0.05, 0.1) is 29.3 Å². The second-order valence-corrected chi connectivity index (χ2v) is 9.79. The summed E-state index contributed by atoms with van der Waals surface area (Å²) < 4.78 is 2.02. The second kappa shape index (κ2) is 6.74. The molecule has 6 heteroatoms. The van der Waals surface area contributed by atoms with Crippen molar-refractivity contribution in [1.82, 2.24) is 14.9 Å². The van der Waals surface area contributed by atoms with Gasteiger partial charge in [0.15, 0.2) is 11.9 Å². The molecule has 1 unspecified atom stereocenters. The number of imidazole rings is 1. The fourth-order valence-corrected chi connectivity index (χ4v) is 5.79. The summed E-state index contributed by atoms with van der Waals surface area (Å²) in [5, 5.41) is 12.6. The Kier molecular flexibility index (Phi) is 4.33. The summed E-state index contributed by atoms with van der Waals surface area (Å²) in [6.45, 7) is 8.52. The number of ketones is 1. The Balaban J connectivity index is 1.78. The van der Waals surface area contributed by atoms with Crippen LogP contribution in [0.1, 0.15) is 52.5 Å². The lowest BCUT2D eigenvalue weighted by molar-refractivity contribution is -0.119. The summed E-state index contributed by atoms with van der Waals surface area (Å²) in [5.74, 6) is 0.234. The molecule has 160 valence electrons. The van der Waals surface area contributed by atoms with E-state index in [1.807, 2.05) is 31.1 Å². The van der Waals surface area contributed by atoms with E-state index in [0.29, 0.717) is 6.42 Å². The average Bonchev–Trinajstić information content (AvgIpc) is 3.31. The Labute approximate surface area is 183 Å². The average molecular weight is 416 g/mol. The van der Waals surface area contributed by atoms with Gasteiger partial charge in [-0.3, -0.25) is 4.79 Å². The number of nitrogens with one attached hydrogen (secondary N) is 1. The molecule has 2 aliphatic heterocycles. The predicted octanol–water partition coefficient (Wildman–Crippen LogP) is 5.05. The van der Waals surface area contributed by atoms with Crippen LogP contribution in [0.4, 0.5) is 0 Å². The molecule has 1 aliphatic carbocycles. The van der Waals surface area contributed by atoms with Gasteiger partial charge in [-0.15, -0.1) is 0 Å². The lowest BCUT2D eigenvalue weighted by atomic mass is 9.58. The van der Waals surface area contributed by atoms with Gasteiger partial charge < -0.3 is 9.88 Å². The highest BCUT2D eigenvalue weighted by atomic mass is 16.1. The molecule has 2 atom stereocenters. The van der Waals surface area contributed by atoms with Crippen LogP contribution in [-0.4, -0.2) is 21.5 Å². The summed E-state index contributed by atoms with van der Waals surface area (Å²) in [6, 6.07) is 8.57. The first kappa shape index (κ1) is 19.9. The Bertz CT molecular complexity index is 1180. The molecule has 2 aromatic rings. The molecule has 1 N–H and O–H groups in total. The number of aryl methyl sites for hydroxylation is 1. The maximum atomic E-state index is 13.7. The van der Waals surface area contributed by atoms with Crippen LogP contribution >= 0.6 is 0 Å². The van der Waals surface area contributed by atoms with Gasteiger partial charge in [0.25, 0.3) is 0 Å². The van der Waals surface area contributed by atoms with Crippen LogP contribution in [0.25, 0.3) is 11.3 Å². The molecular weight excluding hydrogens is 386 g/mol. The smallest absolute Gasteiger partial charge is 0.165 e. The van der Waals surface area contributed by atoms with Crippen molar-refractivity contribution in [2.75, 3.05) is 0 Å². The zero-order valence-corrected chi connectivity index (χ0v) is 18.9. The first-order chi connectivity index (χ1) is 14.8. The fraction of sp³-hybridized carbons (Fsp3) is 0.440. The SMILES string of the molecule is CC[C@]1(c2cccc(-c3cncn3C)c2)C2=C(CC(C)(C)CC2=O)NC2N=NC(C)=C21. The molecular formula is C25H29N5O. The normalized spacial score (nSPS) is 26.7. The molecule has 3 aliphatic rings. The molecule has 6 nitrogen and oxygen atoms in total. The maximum absolute atomic E-state index is 13.7. The number of carbonyl (C=O) groups is 1. The Morgan fingerprint density at radius 2 is 2.06 bits per heavy atom.